The lowest BCUT2D eigenvalue weighted by molar-refractivity contribution is -0.140. The molecule has 13 heavy (non-hydrogen) atoms. The summed E-state index contributed by atoms with van der Waals surface area (Å²) in [6.45, 7) is 1.86. The molecule has 3 N–H and O–H groups in total. The van der Waals surface area contributed by atoms with Gasteiger partial charge in [0, 0.05) is 6.04 Å². The Bertz CT molecular complexity index is 228. The molecule has 0 aromatic carbocycles. The quantitative estimate of drug-likeness (QED) is 0.575. The first-order valence-corrected chi connectivity index (χ1v) is 4.21. The van der Waals surface area contributed by atoms with Crippen LogP contribution in [0.1, 0.15) is 19.8 Å². The summed E-state index contributed by atoms with van der Waals surface area (Å²) in [7, 11) is 0. The van der Waals surface area contributed by atoms with Gasteiger partial charge in [-0.3, -0.25) is 9.59 Å². The molecule has 5 nitrogen and oxygen atoms in total. The van der Waals surface area contributed by atoms with E-state index in [0.29, 0.717) is 6.42 Å². The van der Waals surface area contributed by atoms with Gasteiger partial charge in [0.25, 0.3) is 0 Å². The Labute approximate surface area is 75.7 Å². The summed E-state index contributed by atoms with van der Waals surface area (Å²) in [6, 6.07) is -0.794. The third-order valence-electron chi connectivity index (χ3n) is 2.40. The van der Waals surface area contributed by atoms with Gasteiger partial charge in [-0.05, 0) is 12.3 Å². The predicted molar refractivity (Wildman–Crippen MR) is 44.4 cm³/mol. The molecular formula is C8H13NO4. The number of rotatable bonds is 3. The zero-order chi connectivity index (χ0) is 10.0. The van der Waals surface area contributed by atoms with Crippen molar-refractivity contribution in [1.82, 2.24) is 5.32 Å². The van der Waals surface area contributed by atoms with Crippen molar-refractivity contribution in [3.05, 3.63) is 0 Å². The Kier molecular flexibility index (Phi) is 2.87. The molecule has 0 saturated carbocycles. The van der Waals surface area contributed by atoms with Crippen molar-refractivity contribution in [1.29, 1.82) is 0 Å². The molecule has 5 heteroatoms. The summed E-state index contributed by atoms with van der Waals surface area (Å²) in [5.74, 6) is -1.69. The molecule has 3 atom stereocenters. The molecule has 0 amide bonds. The molecular weight excluding hydrogens is 174 g/mol. The Morgan fingerprint density at radius 3 is 2.46 bits per heavy atom. The maximum atomic E-state index is 10.6. The molecule has 1 aliphatic rings. The van der Waals surface area contributed by atoms with Gasteiger partial charge in [0.15, 0.2) is 0 Å². The van der Waals surface area contributed by atoms with E-state index < -0.39 is 18.0 Å². The molecule has 0 radical (unpaired) electrons. The van der Waals surface area contributed by atoms with Crippen molar-refractivity contribution >= 4 is 11.9 Å². The summed E-state index contributed by atoms with van der Waals surface area (Å²) in [6.07, 6.45) is 0.498. The lowest BCUT2D eigenvalue weighted by Gasteiger charge is -2.12. The van der Waals surface area contributed by atoms with E-state index in [9.17, 15) is 9.59 Å². The molecule has 1 heterocycles. The average Bonchev–Trinajstić information content (AvgIpc) is 2.31. The van der Waals surface area contributed by atoms with Gasteiger partial charge in [0.2, 0.25) is 0 Å². The number of nitrogens with one attached hydrogen (secondary N) is 1. The molecule has 1 aliphatic heterocycles. The summed E-state index contributed by atoms with van der Waals surface area (Å²) >= 11 is 0. The molecule has 1 fully saturated rings. The van der Waals surface area contributed by atoms with Crippen LogP contribution in [0.25, 0.3) is 0 Å². The minimum Gasteiger partial charge on any atom is -0.481 e. The van der Waals surface area contributed by atoms with Crippen molar-refractivity contribution in [2.45, 2.75) is 31.8 Å². The fraction of sp³-hybridized carbons (Fsp3) is 0.750. The van der Waals surface area contributed by atoms with Gasteiger partial charge < -0.3 is 15.5 Å². The van der Waals surface area contributed by atoms with Gasteiger partial charge in [0.1, 0.15) is 6.04 Å². The fourth-order valence-corrected chi connectivity index (χ4v) is 1.65. The molecule has 0 spiro atoms. The van der Waals surface area contributed by atoms with Crippen molar-refractivity contribution < 1.29 is 19.8 Å². The fourth-order valence-electron chi connectivity index (χ4n) is 1.65. The van der Waals surface area contributed by atoms with Crippen LogP contribution in [0.4, 0.5) is 0 Å². The molecule has 0 unspecified atom stereocenters. The first kappa shape index (κ1) is 9.98. The molecule has 0 aromatic rings. The second-order valence-corrected chi connectivity index (χ2v) is 3.47. The molecule has 1 rings (SSSR count). The number of aliphatic carboxylic acids is 2. The second kappa shape index (κ2) is 3.74. The topological polar surface area (TPSA) is 86.6 Å². The highest BCUT2D eigenvalue weighted by atomic mass is 16.4. The van der Waals surface area contributed by atoms with Gasteiger partial charge in [-0.1, -0.05) is 6.92 Å². The Morgan fingerprint density at radius 2 is 2.08 bits per heavy atom. The molecule has 0 aliphatic carbocycles. The molecule has 0 aromatic heterocycles. The number of hydrogen-bond donors (Lipinski definition) is 3. The van der Waals surface area contributed by atoms with E-state index in [4.69, 9.17) is 10.2 Å². The summed E-state index contributed by atoms with van der Waals surface area (Å²) in [5, 5.41) is 20.0. The molecule has 0 bridgehead atoms. The van der Waals surface area contributed by atoms with E-state index in [1.165, 1.54) is 0 Å². The van der Waals surface area contributed by atoms with Crippen LogP contribution in [0.15, 0.2) is 0 Å². The maximum Gasteiger partial charge on any atom is 0.320 e. The van der Waals surface area contributed by atoms with Crippen molar-refractivity contribution in [2.24, 2.45) is 5.92 Å². The van der Waals surface area contributed by atoms with Crippen LogP contribution in [0, 0.1) is 5.92 Å². The standard InChI is InChI=1S/C8H13NO4/c1-4-2-6(8(12)13)9-5(4)3-7(10)11/h4-6,9H,2-3H2,1H3,(H,10,11)(H,12,13)/t4-,5+,6+/m1/s1. The third-order valence-corrected chi connectivity index (χ3v) is 2.40. The van der Waals surface area contributed by atoms with Crippen LogP contribution in [0.2, 0.25) is 0 Å². The van der Waals surface area contributed by atoms with E-state index in [1.54, 1.807) is 0 Å². The average molecular weight is 187 g/mol. The predicted octanol–water partition coefficient (Wildman–Crippen LogP) is -0.0877. The summed E-state index contributed by atoms with van der Waals surface area (Å²) < 4.78 is 0. The van der Waals surface area contributed by atoms with Crippen molar-refractivity contribution in [3.63, 3.8) is 0 Å². The zero-order valence-corrected chi connectivity index (χ0v) is 7.36. The van der Waals surface area contributed by atoms with Crippen LogP contribution in [0.5, 0.6) is 0 Å². The highest BCUT2D eigenvalue weighted by molar-refractivity contribution is 5.74. The zero-order valence-electron chi connectivity index (χ0n) is 7.36. The third kappa shape index (κ3) is 2.42. The Balaban J connectivity index is 2.51. The van der Waals surface area contributed by atoms with Crippen LogP contribution >= 0.6 is 0 Å². The van der Waals surface area contributed by atoms with E-state index in [1.807, 2.05) is 6.92 Å². The van der Waals surface area contributed by atoms with Crippen LogP contribution in [0.3, 0.4) is 0 Å². The maximum absolute atomic E-state index is 10.6. The second-order valence-electron chi connectivity index (χ2n) is 3.47. The Morgan fingerprint density at radius 1 is 1.46 bits per heavy atom. The van der Waals surface area contributed by atoms with E-state index in [0.717, 1.165) is 0 Å². The van der Waals surface area contributed by atoms with E-state index in [2.05, 4.69) is 5.32 Å². The Hall–Kier alpha value is -1.10. The summed E-state index contributed by atoms with van der Waals surface area (Å²) in [4.78, 5) is 21.0. The normalized spacial score (nSPS) is 33.2. The van der Waals surface area contributed by atoms with E-state index >= 15 is 0 Å². The lowest BCUT2D eigenvalue weighted by Crippen LogP contribution is -2.37. The first-order valence-electron chi connectivity index (χ1n) is 4.21. The van der Waals surface area contributed by atoms with Gasteiger partial charge >= 0.3 is 11.9 Å². The molecule has 74 valence electrons. The summed E-state index contributed by atoms with van der Waals surface area (Å²) in [5.41, 5.74) is 0. The lowest BCUT2D eigenvalue weighted by atomic mass is 9.99. The van der Waals surface area contributed by atoms with Gasteiger partial charge in [-0.25, -0.2) is 0 Å². The van der Waals surface area contributed by atoms with Gasteiger partial charge in [-0.2, -0.15) is 0 Å². The van der Waals surface area contributed by atoms with Crippen LogP contribution in [-0.2, 0) is 9.59 Å². The minimum absolute atomic E-state index is 0.00898. The molecule has 1 saturated heterocycles. The number of carboxylic acids is 2. The van der Waals surface area contributed by atoms with Gasteiger partial charge in [-0.15, -0.1) is 0 Å². The number of carbonyl (C=O) groups is 2. The van der Waals surface area contributed by atoms with Crippen molar-refractivity contribution in [3.8, 4) is 0 Å². The first-order chi connectivity index (χ1) is 6.00. The van der Waals surface area contributed by atoms with Crippen molar-refractivity contribution in [2.75, 3.05) is 0 Å². The highest BCUT2D eigenvalue weighted by Crippen LogP contribution is 2.22. The monoisotopic (exact) mass is 187 g/mol. The largest absolute Gasteiger partial charge is 0.481 e. The SMILES string of the molecule is C[C@@H]1C[C@@H](C(=O)O)N[C@H]1CC(=O)O. The number of hydrogen-bond acceptors (Lipinski definition) is 3. The van der Waals surface area contributed by atoms with Crippen LogP contribution < -0.4 is 5.32 Å². The minimum atomic E-state index is -0.903. The van der Waals surface area contributed by atoms with E-state index in [-0.39, 0.29) is 18.4 Å². The smallest absolute Gasteiger partial charge is 0.320 e. The van der Waals surface area contributed by atoms with Gasteiger partial charge in [0.05, 0.1) is 6.42 Å². The van der Waals surface area contributed by atoms with Crippen LogP contribution in [-0.4, -0.2) is 34.2 Å². The number of carboxylic acid groups (broad SMARTS) is 2. The highest BCUT2D eigenvalue weighted by Gasteiger charge is 2.35.